The van der Waals surface area contributed by atoms with Crippen LogP contribution in [0.25, 0.3) is 0 Å². The first kappa shape index (κ1) is 22.7. The summed E-state index contributed by atoms with van der Waals surface area (Å²) in [5.74, 6) is -0.0309. The van der Waals surface area contributed by atoms with Crippen LogP contribution in [0.5, 0.6) is 5.75 Å². The first-order valence-corrected chi connectivity index (χ1v) is 10.7. The Morgan fingerprint density at radius 1 is 1.06 bits per heavy atom. The van der Waals surface area contributed by atoms with Crippen LogP contribution in [0.3, 0.4) is 0 Å². The molecule has 31 heavy (non-hydrogen) atoms. The van der Waals surface area contributed by atoms with Crippen LogP contribution >= 0.6 is 0 Å². The number of ketones is 1. The van der Waals surface area contributed by atoms with Gasteiger partial charge in [0.25, 0.3) is 0 Å². The third-order valence-electron chi connectivity index (χ3n) is 5.55. The van der Waals surface area contributed by atoms with Crippen LogP contribution in [0.1, 0.15) is 36.5 Å². The molecule has 1 heterocycles. The SMILES string of the molecule is CC(=O)c1ccc(NCCCCCN2CCN(c3ccc(F)cc3)CC2)c(ON=O)c1. The third kappa shape index (κ3) is 6.75. The standard InChI is InChI=1S/C23H29FN4O3/c1-18(29)19-5-10-22(23(17-19)31-26-30)25-11-3-2-4-12-27-13-15-28(16-14-27)21-8-6-20(24)7-9-21/h5-10,17,25H,2-4,11-16H2,1H3. The highest BCUT2D eigenvalue weighted by Gasteiger charge is 2.16. The van der Waals surface area contributed by atoms with Crippen LogP contribution in [0, 0.1) is 10.7 Å². The number of hydrogen-bond acceptors (Lipinski definition) is 7. The van der Waals surface area contributed by atoms with Crippen LogP contribution in [0.2, 0.25) is 0 Å². The Balaban J connectivity index is 1.33. The van der Waals surface area contributed by atoms with Gasteiger partial charge in [-0.05, 0) is 68.8 Å². The van der Waals surface area contributed by atoms with Gasteiger partial charge in [0.1, 0.15) is 5.82 Å². The predicted molar refractivity (Wildman–Crippen MR) is 120 cm³/mol. The lowest BCUT2D eigenvalue weighted by Crippen LogP contribution is -2.46. The van der Waals surface area contributed by atoms with Crippen LogP contribution in [-0.4, -0.2) is 50.0 Å². The number of halogens is 1. The lowest BCUT2D eigenvalue weighted by atomic mass is 10.1. The molecule has 0 atom stereocenters. The number of benzene rings is 2. The maximum Gasteiger partial charge on any atom is 0.185 e. The Kier molecular flexibility index (Phi) is 8.35. The van der Waals surface area contributed by atoms with Crippen LogP contribution in [0.4, 0.5) is 15.8 Å². The second kappa shape index (κ2) is 11.4. The Morgan fingerprint density at radius 3 is 2.48 bits per heavy atom. The minimum Gasteiger partial charge on any atom is -0.382 e. The van der Waals surface area contributed by atoms with Gasteiger partial charge in [0, 0.05) is 44.0 Å². The minimum atomic E-state index is -0.200. The third-order valence-corrected chi connectivity index (χ3v) is 5.55. The normalized spacial score (nSPS) is 14.3. The van der Waals surface area contributed by atoms with Gasteiger partial charge in [-0.1, -0.05) is 6.42 Å². The highest BCUT2D eigenvalue weighted by molar-refractivity contribution is 5.95. The Hall–Kier alpha value is -3.00. The number of piperazine rings is 1. The van der Waals surface area contributed by atoms with E-state index in [0.29, 0.717) is 11.3 Å². The largest absolute Gasteiger partial charge is 0.382 e. The van der Waals surface area contributed by atoms with E-state index in [-0.39, 0.29) is 17.3 Å². The molecule has 0 spiro atoms. The van der Waals surface area contributed by atoms with E-state index in [9.17, 15) is 14.1 Å². The molecule has 1 aliphatic heterocycles. The molecule has 3 rings (SSSR count). The summed E-state index contributed by atoms with van der Waals surface area (Å²) in [4.78, 5) is 31.5. The summed E-state index contributed by atoms with van der Waals surface area (Å²) in [6, 6.07) is 11.7. The molecule has 2 aromatic rings. The summed E-state index contributed by atoms with van der Waals surface area (Å²) in [6.07, 6.45) is 3.18. The van der Waals surface area contributed by atoms with Crippen LogP contribution in [0.15, 0.2) is 47.8 Å². The number of nitrogens with zero attached hydrogens (tertiary/aromatic N) is 3. The maximum atomic E-state index is 13.1. The molecule has 0 aromatic heterocycles. The van der Waals surface area contributed by atoms with E-state index in [1.807, 2.05) is 12.1 Å². The summed E-state index contributed by atoms with van der Waals surface area (Å²) < 4.78 is 13.1. The van der Waals surface area contributed by atoms with Crippen LogP contribution in [-0.2, 0) is 0 Å². The maximum absolute atomic E-state index is 13.1. The molecule has 1 aliphatic rings. The second-order valence-corrected chi connectivity index (χ2v) is 7.73. The predicted octanol–water partition coefficient (Wildman–Crippen LogP) is 4.49. The highest BCUT2D eigenvalue weighted by Crippen LogP contribution is 2.26. The number of Topliss-reactive ketones (excluding diaryl/α,β-unsaturated/α-hetero) is 1. The van der Waals surface area contributed by atoms with E-state index < -0.39 is 0 Å². The van der Waals surface area contributed by atoms with Crippen molar-refractivity contribution in [2.45, 2.75) is 26.2 Å². The van der Waals surface area contributed by atoms with Gasteiger partial charge in [-0.25, -0.2) is 4.39 Å². The second-order valence-electron chi connectivity index (χ2n) is 7.73. The number of carbonyl (C=O) groups is 1. The average Bonchev–Trinajstić information content (AvgIpc) is 2.78. The fourth-order valence-corrected chi connectivity index (χ4v) is 3.74. The van der Waals surface area contributed by atoms with E-state index in [1.165, 1.54) is 25.1 Å². The lowest BCUT2D eigenvalue weighted by molar-refractivity contribution is 0.101. The molecule has 0 aliphatic carbocycles. The Bertz CT molecular complexity index is 868. The molecule has 0 unspecified atom stereocenters. The number of unbranched alkanes of at least 4 members (excludes halogenated alkanes) is 2. The molecule has 0 bridgehead atoms. The monoisotopic (exact) mass is 428 g/mol. The van der Waals surface area contributed by atoms with Gasteiger partial charge in [0.2, 0.25) is 0 Å². The molecule has 166 valence electrons. The van der Waals surface area contributed by atoms with E-state index in [4.69, 9.17) is 4.84 Å². The summed E-state index contributed by atoms with van der Waals surface area (Å²) in [5.41, 5.74) is 2.21. The molecule has 0 amide bonds. The molecule has 0 saturated carbocycles. The van der Waals surface area contributed by atoms with Gasteiger partial charge in [-0.2, -0.15) is 0 Å². The van der Waals surface area contributed by atoms with Gasteiger partial charge >= 0.3 is 0 Å². The van der Waals surface area contributed by atoms with Crippen molar-refractivity contribution in [2.24, 2.45) is 5.34 Å². The fraction of sp³-hybridized carbons (Fsp3) is 0.435. The smallest absolute Gasteiger partial charge is 0.185 e. The van der Waals surface area contributed by atoms with Gasteiger partial charge < -0.3 is 15.1 Å². The van der Waals surface area contributed by atoms with Crippen molar-refractivity contribution in [1.29, 1.82) is 0 Å². The zero-order chi connectivity index (χ0) is 22.1. The Labute approximate surface area is 182 Å². The fourth-order valence-electron chi connectivity index (χ4n) is 3.74. The van der Waals surface area contributed by atoms with Crippen molar-refractivity contribution in [1.82, 2.24) is 4.90 Å². The topological polar surface area (TPSA) is 74.2 Å². The molecular weight excluding hydrogens is 399 g/mol. The number of rotatable bonds is 11. The molecule has 8 heteroatoms. The van der Waals surface area contributed by atoms with Crippen molar-refractivity contribution in [3.63, 3.8) is 0 Å². The van der Waals surface area contributed by atoms with Crippen molar-refractivity contribution in [2.75, 3.05) is 49.5 Å². The lowest BCUT2D eigenvalue weighted by Gasteiger charge is -2.36. The molecule has 1 N–H and O–H groups in total. The van der Waals surface area contributed by atoms with E-state index in [2.05, 4.69) is 20.5 Å². The summed E-state index contributed by atoms with van der Waals surface area (Å²) in [6.45, 7) is 7.20. The molecule has 0 radical (unpaired) electrons. The van der Waals surface area contributed by atoms with E-state index >= 15 is 0 Å². The summed E-state index contributed by atoms with van der Waals surface area (Å²) in [5, 5.41) is 5.73. The van der Waals surface area contributed by atoms with E-state index in [0.717, 1.165) is 64.2 Å². The average molecular weight is 429 g/mol. The van der Waals surface area contributed by atoms with Gasteiger partial charge in [-0.3, -0.25) is 9.69 Å². The number of hydrogen-bond donors (Lipinski definition) is 1. The molecule has 1 fully saturated rings. The van der Waals surface area contributed by atoms with Gasteiger partial charge in [0.15, 0.2) is 16.9 Å². The highest BCUT2D eigenvalue weighted by atomic mass is 19.1. The van der Waals surface area contributed by atoms with Crippen LogP contribution < -0.4 is 15.1 Å². The zero-order valence-corrected chi connectivity index (χ0v) is 17.8. The quantitative estimate of drug-likeness (QED) is 0.246. The first-order valence-electron chi connectivity index (χ1n) is 10.7. The van der Waals surface area contributed by atoms with Gasteiger partial charge in [-0.15, -0.1) is 4.91 Å². The minimum absolute atomic E-state index is 0.0965. The molecule has 1 saturated heterocycles. The van der Waals surface area contributed by atoms with Crippen molar-refractivity contribution in [3.05, 3.63) is 58.8 Å². The summed E-state index contributed by atoms with van der Waals surface area (Å²) in [7, 11) is 0. The summed E-state index contributed by atoms with van der Waals surface area (Å²) >= 11 is 0. The molecule has 2 aromatic carbocycles. The number of carbonyl (C=O) groups excluding carboxylic acids is 1. The molecule has 7 nitrogen and oxygen atoms in total. The number of anilines is 2. The Morgan fingerprint density at radius 2 is 1.81 bits per heavy atom. The zero-order valence-electron chi connectivity index (χ0n) is 17.8. The first-order chi connectivity index (χ1) is 15.1. The number of nitrogens with one attached hydrogen (secondary N) is 1. The van der Waals surface area contributed by atoms with Gasteiger partial charge in [0.05, 0.1) is 5.69 Å². The van der Waals surface area contributed by atoms with Crippen molar-refractivity contribution in [3.8, 4) is 5.75 Å². The molecular formula is C23H29FN4O3. The van der Waals surface area contributed by atoms with E-state index in [1.54, 1.807) is 12.1 Å². The van der Waals surface area contributed by atoms with Crippen molar-refractivity contribution < 1.29 is 14.0 Å². The van der Waals surface area contributed by atoms with Crippen molar-refractivity contribution >= 4 is 17.2 Å².